The van der Waals surface area contributed by atoms with Crippen molar-refractivity contribution in [2.24, 2.45) is 0 Å². The number of hydrazine groups is 1. The normalized spacial score (nSPS) is 12.8. The molecule has 0 heterocycles. The van der Waals surface area contributed by atoms with Gasteiger partial charge in [-0.2, -0.15) is 17.4 Å². The summed E-state index contributed by atoms with van der Waals surface area (Å²) in [5.74, 6) is 0.851. The van der Waals surface area contributed by atoms with E-state index < -0.39 is 38.5 Å². The van der Waals surface area contributed by atoms with E-state index in [9.17, 15) is 25.8 Å². The van der Waals surface area contributed by atoms with Crippen molar-refractivity contribution >= 4 is 26.8 Å². The number of anilines is 1. The van der Waals surface area contributed by atoms with Crippen molar-refractivity contribution in [1.82, 2.24) is 4.83 Å². The first kappa shape index (κ1) is 32.9. The molecule has 1 atom stereocenters. The van der Waals surface area contributed by atoms with Gasteiger partial charge in [0.2, 0.25) is 0 Å². The highest BCUT2D eigenvalue weighted by molar-refractivity contribution is 7.90. The van der Waals surface area contributed by atoms with Gasteiger partial charge in [-0.1, -0.05) is 64.7 Å². The molecule has 2 aromatic rings. The van der Waals surface area contributed by atoms with Gasteiger partial charge in [0.25, 0.3) is 0 Å². The minimum atomic E-state index is -4.69. The first-order valence-electron chi connectivity index (χ1n) is 13.2. The Balaban J connectivity index is 1.77. The van der Waals surface area contributed by atoms with Gasteiger partial charge in [-0.3, -0.25) is 0 Å². The summed E-state index contributed by atoms with van der Waals surface area (Å²) in [6.07, 6.45) is 8.56. The maximum atomic E-state index is 13.3. The minimum Gasteiger partial charge on any atom is -0.494 e. The highest BCUT2D eigenvalue weighted by atomic mass is 32.2. The average molecular weight is 593 g/mol. The van der Waals surface area contributed by atoms with Crippen LogP contribution in [0.25, 0.3) is 0 Å². The molecule has 7 nitrogen and oxygen atoms in total. The molecule has 0 saturated carbocycles. The highest BCUT2D eigenvalue weighted by Gasteiger charge is 2.34. The minimum absolute atomic E-state index is 0.220. The van der Waals surface area contributed by atoms with E-state index in [1.54, 1.807) is 24.3 Å². The predicted molar refractivity (Wildman–Crippen MR) is 149 cm³/mol. The number of halogens is 3. The lowest BCUT2D eigenvalue weighted by molar-refractivity contribution is -0.138. The van der Waals surface area contributed by atoms with Gasteiger partial charge in [-0.25, -0.2) is 8.42 Å². The van der Waals surface area contributed by atoms with E-state index in [0.717, 1.165) is 25.2 Å². The summed E-state index contributed by atoms with van der Waals surface area (Å²) < 4.78 is 87.2. The zero-order valence-corrected chi connectivity index (χ0v) is 24.4. The lowest BCUT2D eigenvalue weighted by Gasteiger charge is -2.17. The lowest BCUT2D eigenvalue weighted by atomic mass is 10.1. The molecule has 12 heteroatoms. The van der Waals surface area contributed by atoms with Crippen LogP contribution in [0.4, 0.5) is 18.9 Å². The summed E-state index contributed by atoms with van der Waals surface area (Å²) in [4.78, 5) is 1.81. The number of sulfone groups is 1. The van der Waals surface area contributed by atoms with Crippen molar-refractivity contribution in [3.8, 4) is 11.5 Å². The van der Waals surface area contributed by atoms with E-state index in [1.165, 1.54) is 58.3 Å². The molecule has 0 saturated heterocycles. The molecule has 39 heavy (non-hydrogen) atoms. The molecule has 2 aromatic carbocycles. The zero-order chi connectivity index (χ0) is 28.9. The maximum absolute atomic E-state index is 13.3. The number of rotatable bonds is 18. The number of aryl methyl sites for hydroxylation is 1. The molecular formula is C27H39F3N2O5S2. The lowest BCUT2D eigenvalue weighted by Crippen LogP contribution is -2.28. The fourth-order valence-electron chi connectivity index (χ4n) is 3.97. The van der Waals surface area contributed by atoms with Gasteiger partial charge < -0.3 is 14.3 Å². The summed E-state index contributed by atoms with van der Waals surface area (Å²) in [6, 6.07) is 7.98. The Morgan fingerprint density at radius 3 is 1.95 bits per heavy atom. The molecule has 0 aliphatic carbocycles. The highest BCUT2D eigenvalue weighted by Crippen LogP contribution is 2.36. The Hall–Kier alpha value is -2.31. The summed E-state index contributed by atoms with van der Waals surface area (Å²) in [7, 11) is -3.87. The molecule has 2 N–H and O–H groups in total. The van der Waals surface area contributed by atoms with Gasteiger partial charge in [0.05, 0.1) is 22.8 Å². The van der Waals surface area contributed by atoms with Crippen LogP contribution >= 0.6 is 0 Å². The molecular weight excluding hydrogens is 553 g/mol. The zero-order valence-electron chi connectivity index (χ0n) is 22.7. The van der Waals surface area contributed by atoms with Crippen molar-refractivity contribution < 1.29 is 34.7 Å². The van der Waals surface area contributed by atoms with Crippen LogP contribution < -0.4 is 19.2 Å². The standard InChI is InChI=1S/C27H39F3N2O5S2/c1-4-5-6-7-8-9-10-11-12-13-18-36-22-14-16-23(17-15-22)37-38(33)32-31-25-20-24(27(28,29)30)21(2)19-26(25)39(3,34)35/h14-17,19-20,31-32H,4-13,18H2,1-3H3. The topological polar surface area (TPSA) is 93.7 Å². The Kier molecular flexibility index (Phi) is 13.6. The Morgan fingerprint density at radius 1 is 0.872 bits per heavy atom. The summed E-state index contributed by atoms with van der Waals surface area (Å²) >= 11 is -2.24. The molecule has 0 fully saturated rings. The molecule has 0 spiro atoms. The fraction of sp³-hybridized carbons (Fsp3) is 0.556. The van der Waals surface area contributed by atoms with E-state index in [4.69, 9.17) is 8.92 Å². The Bertz CT molecular complexity index is 1160. The molecule has 220 valence electrons. The van der Waals surface area contributed by atoms with Gasteiger partial charge in [-0.15, -0.1) is 4.83 Å². The number of benzene rings is 2. The largest absolute Gasteiger partial charge is 0.494 e. The second-order valence-electron chi connectivity index (χ2n) is 9.48. The number of hydrogen-bond donors (Lipinski definition) is 2. The van der Waals surface area contributed by atoms with Crippen LogP contribution in [0.5, 0.6) is 11.5 Å². The summed E-state index contributed by atoms with van der Waals surface area (Å²) in [5, 5.41) is 0. The number of unbranched alkanes of at least 4 members (excludes halogenated alkanes) is 9. The van der Waals surface area contributed by atoms with Gasteiger partial charge in [0.1, 0.15) is 11.5 Å². The Morgan fingerprint density at radius 2 is 1.41 bits per heavy atom. The van der Waals surface area contributed by atoms with Crippen molar-refractivity contribution in [2.75, 3.05) is 18.3 Å². The molecule has 1 unspecified atom stereocenters. The van der Waals surface area contributed by atoms with E-state index in [0.29, 0.717) is 18.4 Å². The molecule has 0 radical (unpaired) electrons. The monoisotopic (exact) mass is 592 g/mol. The Labute approximate surface area is 232 Å². The first-order valence-corrected chi connectivity index (χ1v) is 16.1. The second-order valence-corrected chi connectivity index (χ2v) is 12.3. The SMILES string of the molecule is CCCCCCCCCCCCOc1ccc(OS(=O)NNc2cc(C(F)(F)F)c(C)cc2S(C)(=O)=O)cc1. The van der Waals surface area contributed by atoms with Gasteiger partial charge in [0, 0.05) is 6.26 Å². The fourth-order valence-corrected chi connectivity index (χ4v) is 5.39. The molecule has 0 bridgehead atoms. The van der Waals surface area contributed by atoms with Crippen LogP contribution in [-0.4, -0.2) is 25.5 Å². The third-order valence-electron chi connectivity index (χ3n) is 6.06. The van der Waals surface area contributed by atoms with Crippen LogP contribution in [0.3, 0.4) is 0 Å². The van der Waals surface area contributed by atoms with E-state index >= 15 is 0 Å². The van der Waals surface area contributed by atoms with Crippen LogP contribution in [-0.2, 0) is 27.3 Å². The van der Waals surface area contributed by atoms with Gasteiger partial charge in [-0.05, 0) is 55.3 Å². The number of hydrogen-bond acceptors (Lipinski definition) is 6. The number of ether oxygens (including phenoxy) is 1. The van der Waals surface area contributed by atoms with Crippen molar-refractivity contribution in [1.29, 1.82) is 0 Å². The summed E-state index contributed by atoms with van der Waals surface area (Å²) in [5.41, 5.74) is 0.612. The first-order chi connectivity index (χ1) is 18.4. The van der Waals surface area contributed by atoms with Crippen LogP contribution in [0.2, 0.25) is 0 Å². The molecule has 0 aromatic heterocycles. The van der Waals surface area contributed by atoms with E-state index in [1.807, 2.05) is 0 Å². The average Bonchev–Trinajstić information content (AvgIpc) is 2.86. The van der Waals surface area contributed by atoms with Crippen LogP contribution in [0.15, 0.2) is 41.3 Å². The van der Waals surface area contributed by atoms with Crippen molar-refractivity contribution in [2.45, 2.75) is 89.1 Å². The molecule has 0 aliphatic rings. The third-order valence-corrected chi connectivity index (χ3v) is 7.81. The number of alkyl halides is 3. The van der Waals surface area contributed by atoms with Crippen molar-refractivity contribution in [3.63, 3.8) is 0 Å². The van der Waals surface area contributed by atoms with Gasteiger partial charge in [0.15, 0.2) is 9.84 Å². The number of nitrogens with one attached hydrogen (secondary N) is 2. The summed E-state index contributed by atoms with van der Waals surface area (Å²) in [6.45, 7) is 3.98. The quantitative estimate of drug-likeness (QED) is 0.139. The van der Waals surface area contributed by atoms with Crippen LogP contribution in [0.1, 0.15) is 82.3 Å². The molecule has 2 rings (SSSR count). The van der Waals surface area contributed by atoms with Crippen LogP contribution in [0, 0.1) is 6.92 Å². The predicted octanol–water partition coefficient (Wildman–Crippen LogP) is 7.29. The molecule has 0 aliphatic heterocycles. The smallest absolute Gasteiger partial charge is 0.416 e. The van der Waals surface area contributed by atoms with Crippen molar-refractivity contribution in [3.05, 3.63) is 47.5 Å². The third kappa shape index (κ3) is 12.2. The maximum Gasteiger partial charge on any atom is 0.416 e. The van der Waals surface area contributed by atoms with E-state index in [2.05, 4.69) is 17.2 Å². The van der Waals surface area contributed by atoms with E-state index in [-0.39, 0.29) is 16.2 Å². The van der Waals surface area contributed by atoms with Gasteiger partial charge >= 0.3 is 17.4 Å². The second kappa shape index (κ2) is 16.1. The molecule has 0 amide bonds.